The van der Waals surface area contributed by atoms with Crippen molar-refractivity contribution in [1.29, 1.82) is 0 Å². The van der Waals surface area contributed by atoms with Gasteiger partial charge in [0.25, 0.3) is 0 Å². The fourth-order valence-corrected chi connectivity index (χ4v) is 7.17. The fourth-order valence-electron chi connectivity index (χ4n) is 7.17. The van der Waals surface area contributed by atoms with Crippen LogP contribution in [-0.2, 0) is 33.5 Å². The van der Waals surface area contributed by atoms with Gasteiger partial charge in [-0.2, -0.15) is 0 Å². The number of Topliss-reactive ketones (excluding diaryl/α,β-unsaturated/α-hetero) is 2. The summed E-state index contributed by atoms with van der Waals surface area (Å²) >= 11 is 0. The largest absolute Gasteiger partial charge is 0.481 e. The molecule has 0 aromatic rings. The Kier molecular flexibility index (Phi) is 27.0. The van der Waals surface area contributed by atoms with Gasteiger partial charge in [-0.25, -0.2) is 0 Å². The van der Waals surface area contributed by atoms with Crippen LogP contribution in [0.4, 0.5) is 0 Å². The lowest BCUT2D eigenvalue weighted by atomic mass is 9.95. The monoisotopic (exact) mass is 721 g/mol. The van der Waals surface area contributed by atoms with E-state index >= 15 is 0 Å². The van der Waals surface area contributed by atoms with Crippen molar-refractivity contribution in [3.05, 3.63) is 0 Å². The van der Waals surface area contributed by atoms with Crippen LogP contribution in [0.15, 0.2) is 0 Å². The highest BCUT2D eigenvalue weighted by molar-refractivity contribution is 5.80. The number of ether oxygens (including phenoxy) is 1. The molecule has 2 rings (SSSR count). The van der Waals surface area contributed by atoms with Gasteiger partial charge in [-0.1, -0.05) is 65.2 Å². The molecule has 2 unspecified atom stereocenters. The van der Waals surface area contributed by atoms with Crippen LogP contribution in [0.25, 0.3) is 0 Å². The molecule has 0 aromatic heterocycles. The number of piperidine rings is 2. The molecule has 10 nitrogen and oxygen atoms in total. The molecule has 2 saturated heterocycles. The number of esters is 1. The average molecular weight is 721 g/mol. The zero-order valence-electron chi connectivity index (χ0n) is 32.6. The second-order valence-corrected chi connectivity index (χ2v) is 14.6. The standard InChI is InChI=1S/C21H37NO4.C20H35NO4/c1-3-4-7-12-19(23)16-15-18-11-10-13-20(24)22(18)17-9-6-5-8-14-21(25)26-2;1-2-3-6-11-18(22)15-14-17-10-9-12-19(23)21(17)16-8-5-4-7-13-20(24)25/h18H,3-17H2,1-2H3;17H,2-16H2,1H3,(H,24,25). The summed E-state index contributed by atoms with van der Waals surface area (Å²) in [6.07, 6.45) is 23.8. The first-order chi connectivity index (χ1) is 24.6. The molecule has 0 spiro atoms. The summed E-state index contributed by atoms with van der Waals surface area (Å²) in [7, 11) is 1.42. The first-order valence-corrected chi connectivity index (χ1v) is 20.5. The smallest absolute Gasteiger partial charge is 0.305 e. The maximum absolute atomic E-state index is 12.3. The topological polar surface area (TPSA) is 138 Å². The molecule has 2 aliphatic rings. The van der Waals surface area contributed by atoms with E-state index in [0.29, 0.717) is 62.9 Å². The fraction of sp³-hybridized carbons (Fsp3) is 0.854. The van der Waals surface area contributed by atoms with E-state index < -0.39 is 5.97 Å². The van der Waals surface area contributed by atoms with Crippen molar-refractivity contribution in [3.8, 4) is 0 Å². The molecule has 2 aliphatic heterocycles. The maximum atomic E-state index is 12.3. The third-order valence-electron chi connectivity index (χ3n) is 10.3. The van der Waals surface area contributed by atoms with Crippen LogP contribution >= 0.6 is 0 Å². The first kappa shape index (κ1) is 46.2. The molecule has 51 heavy (non-hydrogen) atoms. The third-order valence-corrected chi connectivity index (χ3v) is 10.3. The van der Waals surface area contributed by atoms with E-state index in [4.69, 9.17) is 5.11 Å². The Morgan fingerprint density at radius 3 is 1.41 bits per heavy atom. The van der Waals surface area contributed by atoms with E-state index in [9.17, 15) is 28.8 Å². The summed E-state index contributed by atoms with van der Waals surface area (Å²) in [5.74, 6) is 0.253. The predicted octanol–water partition coefficient (Wildman–Crippen LogP) is 8.75. The van der Waals surface area contributed by atoms with Gasteiger partial charge in [-0.15, -0.1) is 0 Å². The van der Waals surface area contributed by atoms with Crippen molar-refractivity contribution in [2.45, 2.75) is 206 Å². The van der Waals surface area contributed by atoms with Gasteiger partial charge in [0.2, 0.25) is 11.8 Å². The summed E-state index contributed by atoms with van der Waals surface area (Å²) in [5.41, 5.74) is 0. The highest BCUT2D eigenvalue weighted by Crippen LogP contribution is 2.25. The van der Waals surface area contributed by atoms with E-state index in [-0.39, 0.29) is 36.3 Å². The molecule has 2 fully saturated rings. The number of rotatable bonds is 28. The summed E-state index contributed by atoms with van der Waals surface area (Å²) in [6, 6.07) is 0.455. The molecule has 0 radical (unpaired) electrons. The highest BCUT2D eigenvalue weighted by Gasteiger charge is 2.29. The van der Waals surface area contributed by atoms with Gasteiger partial charge in [-0.3, -0.25) is 28.8 Å². The van der Waals surface area contributed by atoms with Gasteiger partial charge < -0.3 is 19.6 Å². The van der Waals surface area contributed by atoms with Crippen LogP contribution in [0.3, 0.4) is 0 Å². The van der Waals surface area contributed by atoms with Crippen molar-refractivity contribution in [1.82, 2.24) is 9.80 Å². The van der Waals surface area contributed by atoms with Crippen LogP contribution in [0.1, 0.15) is 194 Å². The number of carbonyl (C=O) groups is 6. The highest BCUT2D eigenvalue weighted by atomic mass is 16.5. The van der Waals surface area contributed by atoms with Gasteiger partial charge in [0.15, 0.2) is 0 Å². The van der Waals surface area contributed by atoms with Crippen molar-refractivity contribution < 1.29 is 38.6 Å². The molecule has 2 heterocycles. The van der Waals surface area contributed by atoms with E-state index in [2.05, 4.69) is 18.6 Å². The van der Waals surface area contributed by atoms with Crippen LogP contribution in [0.2, 0.25) is 0 Å². The van der Waals surface area contributed by atoms with Crippen LogP contribution in [0, 0.1) is 0 Å². The molecule has 2 amide bonds. The van der Waals surface area contributed by atoms with Crippen molar-refractivity contribution in [2.75, 3.05) is 20.2 Å². The van der Waals surface area contributed by atoms with E-state index in [1.165, 1.54) is 7.11 Å². The first-order valence-electron chi connectivity index (χ1n) is 20.5. The van der Waals surface area contributed by atoms with Gasteiger partial charge >= 0.3 is 11.9 Å². The molecule has 0 bridgehead atoms. The lowest BCUT2D eigenvalue weighted by Crippen LogP contribution is -2.44. The number of carboxylic acids is 1. The number of hydrogen-bond donors (Lipinski definition) is 1. The SMILES string of the molecule is CCCCCC(=O)CCC1CCCC(=O)N1CCCCCCC(=O)O.CCCCCC(=O)CCC1CCCC(=O)N1CCCCCCC(=O)OC. The number of ketones is 2. The van der Waals surface area contributed by atoms with Crippen molar-refractivity contribution in [3.63, 3.8) is 0 Å². The normalized spacial score (nSPS) is 17.5. The van der Waals surface area contributed by atoms with Gasteiger partial charge in [-0.05, 0) is 77.0 Å². The van der Waals surface area contributed by atoms with Crippen molar-refractivity contribution in [2.24, 2.45) is 0 Å². The number of carbonyl (C=O) groups excluding carboxylic acids is 5. The van der Waals surface area contributed by atoms with Gasteiger partial charge in [0, 0.05) is 76.5 Å². The lowest BCUT2D eigenvalue weighted by Gasteiger charge is -2.36. The second kappa shape index (κ2) is 29.8. The maximum Gasteiger partial charge on any atom is 0.305 e. The number of likely N-dealkylation sites (tertiary alicyclic amines) is 2. The molecule has 294 valence electrons. The number of unbranched alkanes of at least 4 members (excludes halogenated alkanes) is 10. The minimum absolute atomic E-state index is 0.153. The Morgan fingerprint density at radius 1 is 0.588 bits per heavy atom. The quantitative estimate of drug-likeness (QED) is 0.0626. The lowest BCUT2D eigenvalue weighted by molar-refractivity contribution is -0.141. The van der Waals surface area contributed by atoms with Crippen LogP contribution < -0.4 is 0 Å². The van der Waals surface area contributed by atoms with Crippen LogP contribution in [0.5, 0.6) is 0 Å². The zero-order chi connectivity index (χ0) is 37.7. The second-order valence-electron chi connectivity index (χ2n) is 14.6. The number of aliphatic carboxylic acids is 1. The van der Waals surface area contributed by atoms with Crippen molar-refractivity contribution >= 4 is 35.3 Å². The minimum Gasteiger partial charge on any atom is -0.481 e. The Labute approximate surface area is 309 Å². The third kappa shape index (κ3) is 22.7. The van der Waals surface area contributed by atoms with Gasteiger partial charge in [0.05, 0.1) is 7.11 Å². The molecule has 0 saturated carbocycles. The number of hydrogen-bond acceptors (Lipinski definition) is 7. The predicted molar refractivity (Wildman–Crippen MR) is 201 cm³/mol. The Bertz CT molecular complexity index is 1020. The molecule has 2 atom stereocenters. The number of nitrogens with zero attached hydrogens (tertiary/aromatic N) is 2. The summed E-state index contributed by atoms with van der Waals surface area (Å²) in [5, 5.41) is 8.63. The Balaban J connectivity index is 0.000000510. The van der Waals surface area contributed by atoms with E-state index in [1.807, 2.05) is 9.80 Å². The number of carboxylic acid groups (broad SMARTS) is 1. The minimum atomic E-state index is -0.741. The molecular formula is C41H72N2O8. The summed E-state index contributed by atoms with van der Waals surface area (Å²) in [4.78, 5) is 74.1. The molecule has 0 aromatic carbocycles. The zero-order valence-corrected chi connectivity index (χ0v) is 32.6. The molecule has 1 N–H and O–H groups in total. The number of amides is 2. The molecule has 10 heteroatoms. The summed E-state index contributed by atoms with van der Waals surface area (Å²) in [6.45, 7) is 5.81. The Hall–Kier alpha value is -2.78. The molecule has 0 aliphatic carbocycles. The molecular weight excluding hydrogens is 648 g/mol. The van der Waals surface area contributed by atoms with E-state index in [0.717, 1.165) is 135 Å². The van der Waals surface area contributed by atoms with Crippen LogP contribution in [-0.4, -0.2) is 82.5 Å². The van der Waals surface area contributed by atoms with E-state index in [1.54, 1.807) is 0 Å². The summed E-state index contributed by atoms with van der Waals surface area (Å²) < 4.78 is 4.64. The van der Waals surface area contributed by atoms with Gasteiger partial charge in [0.1, 0.15) is 11.6 Å². The Morgan fingerprint density at radius 2 is 1.00 bits per heavy atom. The number of methoxy groups -OCH3 is 1. The average Bonchev–Trinajstić information content (AvgIpc) is 3.11.